The van der Waals surface area contributed by atoms with Crippen molar-refractivity contribution in [2.75, 3.05) is 39.1 Å². The van der Waals surface area contributed by atoms with Gasteiger partial charge in [0.05, 0.1) is 6.54 Å². The maximum absolute atomic E-state index is 11.8. The van der Waals surface area contributed by atoms with E-state index >= 15 is 0 Å². The van der Waals surface area contributed by atoms with Crippen LogP contribution in [0.2, 0.25) is 0 Å². The molecule has 0 aliphatic heterocycles. The molecule has 24 heavy (non-hydrogen) atoms. The normalized spacial score (nSPS) is 11.3. The van der Waals surface area contributed by atoms with Gasteiger partial charge in [-0.15, -0.1) is 0 Å². The van der Waals surface area contributed by atoms with Gasteiger partial charge in [-0.3, -0.25) is 4.79 Å². The Morgan fingerprint density at radius 1 is 1.29 bits per heavy atom. The van der Waals surface area contributed by atoms with Crippen molar-refractivity contribution < 1.29 is 19.4 Å². The summed E-state index contributed by atoms with van der Waals surface area (Å²) in [7, 11) is 3.90. The first-order chi connectivity index (χ1) is 11.2. The number of anilines is 1. The average molecular weight is 339 g/mol. The van der Waals surface area contributed by atoms with Gasteiger partial charge in [-0.1, -0.05) is 18.2 Å². The van der Waals surface area contributed by atoms with Crippen molar-refractivity contribution in [3.63, 3.8) is 0 Å². The van der Waals surface area contributed by atoms with E-state index in [9.17, 15) is 9.59 Å². The molecular formula is C17H29N3O4. The van der Waals surface area contributed by atoms with E-state index in [4.69, 9.17) is 9.84 Å². The summed E-state index contributed by atoms with van der Waals surface area (Å²) in [6.45, 7) is 6.76. The number of para-hydroxylation sites is 1. The number of carbonyl (C=O) groups is 2. The van der Waals surface area contributed by atoms with E-state index in [1.54, 1.807) is 0 Å². The lowest BCUT2D eigenvalue weighted by molar-refractivity contribution is -0.144. The van der Waals surface area contributed by atoms with Crippen LogP contribution in [0.15, 0.2) is 18.2 Å². The lowest BCUT2D eigenvalue weighted by atomic mass is 10.1. The van der Waals surface area contributed by atoms with E-state index in [2.05, 4.69) is 11.1 Å². The number of esters is 1. The standard InChI is InChI=1S/C15H24N2O2.C2H5NO2/c1-11-7-6-8-12(2)14(11)16-13(3)15(18)19-10-9-17(4)5;3-1-2(4)5/h6-8,13,16H,9-10H2,1-5H3;1,3H2,(H,4,5)/t13-;/m0./s1. The van der Waals surface area contributed by atoms with Gasteiger partial charge in [0.15, 0.2) is 0 Å². The minimum atomic E-state index is -0.968. The van der Waals surface area contributed by atoms with Gasteiger partial charge in [-0.2, -0.15) is 0 Å². The number of nitrogens with one attached hydrogen (secondary N) is 1. The number of likely N-dealkylation sites (N-methyl/N-ethyl adjacent to an activating group) is 1. The van der Waals surface area contributed by atoms with Crippen LogP contribution in [-0.4, -0.2) is 61.8 Å². The Balaban J connectivity index is 0.000000922. The van der Waals surface area contributed by atoms with Crippen LogP contribution in [0.3, 0.4) is 0 Å². The summed E-state index contributed by atoms with van der Waals surface area (Å²) in [4.78, 5) is 23.1. The Hall–Kier alpha value is -2.12. The predicted molar refractivity (Wildman–Crippen MR) is 95.2 cm³/mol. The molecule has 7 nitrogen and oxygen atoms in total. The SMILES string of the molecule is Cc1cccc(C)c1N[C@@H](C)C(=O)OCCN(C)C.NCC(=O)O. The van der Waals surface area contributed by atoms with Crippen LogP contribution in [0.5, 0.6) is 0 Å². The van der Waals surface area contributed by atoms with E-state index in [1.807, 2.05) is 58.0 Å². The summed E-state index contributed by atoms with van der Waals surface area (Å²) in [6.07, 6.45) is 0. The third-order valence-corrected chi connectivity index (χ3v) is 3.15. The van der Waals surface area contributed by atoms with E-state index < -0.39 is 5.97 Å². The van der Waals surface area contributed by atoms with Gasteiger partial charge >= 0.3 is 11.9 Å². The van der Waals surface area contributed by atoms with Crippen LogP contribution in [-0.2, 0) is 14.3 Å². The molecule has 0 heterocycles. The summed E-state index contributed by atoms with van der Waals surface area (Å²) >= 11 is 0. The van der Waals surface area contributed by atoms with Crippen LogP contribution in [0.25, 0.3) is 0 Å². The molecule has 1 aromatic carbocycles. The number of hydrogen-bond acceptors (Lipinski definition) is 6. The van der Waals surface area contributed by atoms with Gasteiger partial charge in [0.1, 0.15) is 12.6 Å². The predicted octanol–water partition coefficient (Wildman–Crippen LogP) is 1.24. The van der Waals surface area contributed by atoms with Crippen molar-refractivity contribution in [2.24, 2.45) is 5.73 Å². The molecule has 0 unspecified atom stereocenters. The summed E-state index contributed by atoms with van der Waals surface area (Å²) in [5.41, 5.74) is 7.85. The topological polar surface area (TPSA) is 105 Å². The molecular weight excluding hydrogens is 310 g/mol. The molecule has 0 aliphatic carbocycles. The highest BCUT2D eigenvalue weighted by atomic mass is 16.5. The smallest absolute Gasteiger partial charge is 0.328 e. The summed E-state index contributed by atoms with van der Waals surface area (Å²) in [5.74, 6) is -1.19. The molecule has 0 radical (unpaired) electrons. The van der Waals surface area contributed by atoms with E-state index in [-0.39, 0.29) is 18.6 Å². The number of nitrogens with two attached hydrogens (primary N) is 1. The Labute approximate surface area is 143 Å². The van der Waals surface area contributed by atoms with Gasteiger partial charge < -0.3 is 25.8 Å². The summed E-state index contributed by atoms with van der Waals surface area (Å²) < 4.78 is 5.22. The number of benzene rings is 1. The maximum Gasteiger partial charge on any atom is 0.328 e. The van der Waals surface area contributed by atoms with Crippen LogP contribution in [0.4, 0.5) is 5.69 Å². The fourth-order valence-corrected chi connectivity index (χ4v) is 1.77. The van der Waals surface area contributed by atoms with Crippen LogP contribution >= 0.6 is 0 Å². The zero-order chi connectivity index (χ0) is 18.7. The first kappa shape index (κ1) is 21.9. The lowest BCUT2D eigenvalue weighted by Gasteiger charge is -2.18. The largest absolute Gasteiger partial charge is 0.480 e. The lowest BCUT2D eigenvalue weighted by Crippen LogP contribution is -2.31. The van der Waals surface area contributed by atoms with E-state index in [0.29, 0.717) is 6.61 Å². The molecule has 7 heteroatoms. The third kappa shape index (κ3) is 9.12. The first-order valence-electron chi connectivity index (χ1n) is 7.75. The van der Waals surface area contributed by atoms with E-state index in [0.717, 1.165) is 23.4 Å². The highest BCUT2D eigenvalue weighted by molar-refractivity contribution is 5.79. The fourth-order valence-electron chi connectivity index (χ4n) is 1.77. The molecule has 136 valence electrons. The minimum Gasteiger partial charge on any atom is -0.480 e. The highest BCUT2D eigenvalue weighted by Gasteiger charge is 2.15. The number of ether oxygens (including phenoxy) is 1. The number of carboxylic acid groups (broad SMARTS) is 1. The first-order valence-corrected chi connectivity index (χ1v) is 7.75. The van der Waals surface area contributed by atoms with Crippen LogP contribution in [0.1, 0.15) is 18.1 Å². The second kappa shape index (κ2) is 11.4. The minimum absolute atomic E-state index is 0.218. The number of aliphatic carboxylic acids is 1. The average Bonchev–Trinajstić information content (AvgIpc) is 2.50. The Morgan fingerprint density at radius 3 is 2.21 bits per heavy atom. The highest BCUT2D eigenvalue weighted by Crippen LogP contribution is 2.20. The summed E-state index contributed by atoms with van der Waals surface area (Å²) in [6, 6.07) is 5.72. The number of carboxylic acids is 1. The molecule has 0 aliphatic rings. The van der Waals surface area contributed by atoms with Gasteiger partial charge in [-0.25, -0.2) is 4.79 Å². The quantitative estimate of drug-likeness (QED) is 0.642. The number of aryl methyl sites for hydroxylation is 2. The number of hydrogen-bond donors (Lipinski definition) is 3. The van der Waals surface area contributed by atoms with Crippen molar-refractivity contribution in [1.82, 2.24) is 4.90 Å². The van der Waals surface area contributed by atoms with Crippen molar-refractivity contribution in [3.05, 3.63) is 29.3 Å². The molecule has 1 atom stereocenters. The second-order valence-electron chi connectivity index (χ2n) is 5.70. The zero-order valence-corrected chi connectivity index (χ0v) is 15.1. The van der Waals surface area contributed by atoms with Crippen molar-refractivity contribution in [3.8, 4) is 0 Å². The maximum atomic E-state index is 11.8. The molecule has 0 amide bonds. The number of nitrogens with zero attached hydrogens (tertiary/aromatic N) is 1. The Bertz CT molecular complexity index is 512. The summed E-state index contributed by atoms with van der Waals surface area (Å²) in [5, 5.41) is 10.8. The van der Waals surface area contributed by atoms with Crippen LogP contribution in [0, 0.1) is 13.8 Å². The molecule has 4 N–H and O–H groups in total. The Morgan fingerprint density at radius 2 is 1.79 bits per heavy atom. The van der Waals surface area contributed by atoms with E-state index in [1.165, 1.54) is 0 Å². The number of rotatable bonds is 7. The fraction of sp³-hybridized carbons (Fsp3) is 0.529. The molecule has 1 aromatic rings. The van der Waals surface area contributed by atoms with Crippen molar-refractivity contribution in [1.29, 1.82) is 0 Å². The molecule has 1 rings (SSSR count). The molecule has 0 spiro atoms. The van der Waals surface area contributed by atoms with Gasteiger partial charge in [0.25, 0.3) is 0 Å². The van der Waals surface area contributed by atoms with Crippen molar-refractivity contribution >= 4 is 17.6 Å². The molecule has 0 saturated heterocycles. The molecule has 0 bridgehead atoms. The Kier molecular flexibility index (Phi) is 10.4. The van der Waals surface area contributed by atoms with Crippen molar-refractivity contribution in [2.45, 2.75) is 26.8 Å². The van der Waals surface area contributed by atoms with Gasteiger partial charge in [-0.05, 0) is 46.0 Å². The number of carbonyl (C=O) groups excluding carboxylic acids is 1. The van der Waals surface area contributed by atoms with Gasteiger partial charge in [0.2, 0.25) is 0 Å². The zero-order valence-electron chi connectivity index (χ0n) is 15.1. The van der Waals surface area contributed by atoms with Gasteiger partial charge in [0, 0.05) is 12.2 Å². The second-order valence-corrected chi connectivity index (χ2v) is 5.70. The molecule has 0 aromatic heterocycles. The third-order valence-electron chi connectivity index (χ3n) is 3.15. The van der Waals surface area contributed by atoms with Crippen LogP contribution < -0.4 is 11.1 Å². The molecule has 0 saturated carbocycles. The monoisotopic (exact) mass is 339 g/mol. The molecule has 0 fully saturated rings.